The summed E-state index contributed by atoms with van der Waals surface area (Å²) in [5, 5.41) is 16.2. The van der Waals surface area contributed by atoms with E-state index in [0.717, 1.165) is 26.9 Å². The van der Waals surface area contributed by atoms with Gasteiger partial charge in [0.15, 0.2) is 12.4 Å². The number of anilines is 1. The van der Waals surface area contributed by atoms with Gasteiger partial charge in [-0.3, -0.25) is 4.79 Å². The minimum absolute atomic E-state index is 0.0405. The summed E-state index contributed by atoms with van der Waals surface area (Å²) in [6, 6.07) is 15.1. The first kappa shape index (κ1) is 17.2. The van der Waals surface area contributed by atoms with Gasteiger partial charge in [-0.15, -0.1) is 10.2 Å². The van der Waals surface area contributed by atoms with E-state index in [2.05, 4.69) is 20.6 Å². The summed E-state index contributed by atoms with van der Waals surface area (Å²) in [6.07, 6.45) is 0. The first-order chi connectivity index (χ1) is 13.1. The molecule has 8 heteroatoms. The topological polar surface area (TPSA) is 81.4 Å². The van der Waals surface area contributed by atoms with Crippen molar-refractivity contribution in [2.24, 2.45) is 0 Å². The molecule has 0 atom stereocenters. The number of nitrogens with one attached hydrogen (secondary N) is 1. The van der Waals surface area contributed by atoms with Gasteiger partial charge in [0.2, 0.25) is 4.96 Å². The number of carbonyl (C=O) groups excluding carboxylic acids is 1. The van der Waals surface area contributed by atoms with Crippen LogP contribution in [0, 0.1) is 13.8 Å². The zero-order valence-electron chi connectivity index (χ0n) is 14.8. The minimum atomic E-state index is -0.210. The summed E-state index contributed by atoms with van der Waals surface area (Å²) in [5.41, 5.74) is 2.75. The summed E-state index contributed by atoms with van der Waals surface area (Å²) in [4.78, 5) is 12.8. The van der Waals surface area contributed by atoms with Gasteiger partial charge in [0, 0.05) is 11.3 Å². The van der Waals surface area contributed by atoms with E-state index in [1.54, 1.807) is 4.52 Å². The van der Waals surface area contributed by atoms with Gasteiger partial charge in [-0.25, -0.2) is 0 Å². The van der Waals surface area contributed by atoms with Crippen LogP contribution in [0.3, 0.4) is 0 Å². The quantitative estimate of drug-likeness (QED) is 0.574. The molecule has 7 nitrogen and oxygen atoms in total. The summed E-state index contributed by atoms with van der Waals surface area (Å²) >= 11 is 1.47. The fourth-order valence-corrected chi connectivity index (χ4v) is 3.47. The molecule has 0 unspecified atom stereocenters. The van der Waals surface area contributed by atoms with Gasteiger partial charge >= 0.3 is 0 Å². The van der Waals surface area contributed by atoms with E-state index in [1.165, 1.54) is 11.3 Å². The zero-order valence-corrected chi connectivity index (χ0v) is 15.7. The number of rotatable bonds is 5. The summed E-state index contributed by atoms with van der Waals surface area (Å²) in [7, 11) is 0. The highest BCUT2D eigenvalue weighted by molar-refractivity contribution is 7.19. The lowest BCUT2D eigenvalue weighted by Gasteiger charge is -2.08. The average Bonchev–Trinajstić information content (AvgIpc) is 3.23. The van der Waals surface area contributed by atoms with Crippen LogP contribution in [0.1, 0.15) is 11.4 Å². The standard InChI is InChI=1S/C19H17N5O2S/c1-12-4-3-5-16(10-12)26-11-17(25)20-15-8-6-14(7-9-15)18-23-24-13(2)21-22-19(24)27-18/h3-10H,11H2,1-2H3,(H,20,25). The van der Waals surface area contributed by atoms with E-state index >= 15 is 0 Å². The number of carbonyl (C=O) groups is 1. The second-order valence-corrected chi connectivity index (χ2v) is 7.04. The van der Waals surface area contributed by atoms with Crippen molar-refractivity contribution in [3.05, 3.63) is 59.9 Å². The van der Waals surface area contributed by atoms with Crippen LogP contribution in [0.4, 0.5) is 5.69 Å². The molecule has 0 aliphatic carbocycles. The summed E-state index contributed by atoms with van der Waals surface area (Å²) in [6.45, 7) is 3.80. The molecule has 0 aliphatic heterocycles. The Hall–Kier alpha value is -3.26. The lowest BCUT2D eigenvalue weighted by molar-refractivity contribution is -0.118. The SMILES string of the molecule is Cc1cccc(OCC(=O)Nc2ccc(-c3nn4c(C)nnc4s3)cc2)c1. The lowest BCUT2D eigenvalue weighted by atomic mass is 10.2. The summed E-state index contributed by atoms with van der Waals surface area (Å²) < 4.78 is 7.23. The van der Waals surface area contributed by atoms with Crippen LogP contribution in [0.5, 0.6) is 5.75 Å². The maximum atomic E-state index is 12.1. The molecule has 0 aliphatic rings. The molecule has 0 saturated heterocycles. The molecule has 0 saturated carbocycles. The smallest absolute Gasteiger partial charge is 0.262 e. The monoisotopic (exact) mass is 379 g/mol. The Morgan fingerprint density at radius 2 is 1.96 bits per heavy atom. The van der Waals surface area contributed by atoms with Crippen molar-refractivity contribution in [3.8, 4) is 16.3 Å². The molecule has 27 heavy (non-hydrogen) atoms. The van der Waals surface area contributed by atoms with Crippen LogP contribution in [-0.4, -0.2) is 32.3 Å². The Balaban J connectivity index is 1.39. The number of aromatic nitrogens is 4. The van der Waals surface area contributed by atoms with E-state index in [9.17, 15) is 4.79 Å². The lowest BCUT2D eigenvalue weighted by Crippen LogP contribution is -2.20. The first-order valence-electron chi connectivity index (χ1n) is 8.37. The van der Waals surface area contributed by atoms with Gasteiger partial charge in [0.1, 0.15) is 10.8 Å². The molecular formula is C19H17N5O2S. The third-order valence-electron chi connectivity index (χ3n) is 3.92. The molecule has 4 rings (SSSR count). The van der Waals surface area contributed by atoms with E-state index in [4.69, 9.17) is 4.74 Å². The zero-order chi connectivity index (χ0) is 18.8. The van der Waals surface area contributed by atoms with Crippen LogP contribution in [0.15, 0.2) is 48.5 Å². The number of ether oxygens (including phenoxy) is 1. The summed E-state index contributed by atoms with van der Waals surface area (Å²) in [5.74, 6) is 1.22. The van der Waals surface area contributed by atoms with E-state index < -0.39 is 0 Å². The molecule has 0 bridgehead atoms. The maximum Gasteiger partial charge on any atom is 0.262 e. The molecule has 1 amide bonds. The van der Waals surface area contributed by atoms with Crippen molar-refractivity contribution in [2.45, 2.75) is 13.8 Å². The molecule has 2 heterocycles. The maximum absolute atomic E-state index is 12.1. The van der Waals surface area contributed by atoms with Gasteiger partial charge in [-0.05, 0) is 55.8 Å². The molecule has 2 aromatic carbocycles. The highest BCUT2D eigenvalue weighted by Gasteiger charge is 2.11. The average molecular weight is 379 g/mol. The van der Waals surface area contributed by atoms with Crippen LogP contribution < -0.4 is 10.1 Å². The van der Waals surface area contributed by atoms with Gasteiger partial charge in [-0.1, -0.05) is 23.5 Å². The molecular weight excluding hydrogens is 362 g/mol. The van der Waals surface area contributed by atoms with Crippen LogP contribution >= 0.6 is 11.3 Å². The molecule has 1 N–H and O–H groups in total. The fraction of sp³-hybridized carbons (Fsp3) is 0.158. The number of fused-ring (bicyclic) bond motifs is 1. The van der Waals surface area contributed by atoms with Gasteiger partial charge in [0.25, 0.3) is 5.91 Å². The van der Waals surface area contributed by atoms with Crippen molar-refractivity contribution in [3.63, 3.8) is 0 Å². The van der Waals surface area contributed by atoms with Crippen molar-refractivity contribution >= 4 is 27.9 Å². The predicted molar refractivity (Wildman–Crippen MR) is 104 cm³/mol. The number of amides is 1. The normalized spacial score (nSPS) is 10.9. The molecule has 4 aromatic rings. The van der Waals surface area contributed by atoms with Crippen LogP contribution in [0.25, 0.3) is 15.5 Å². The highest BCUT2D eigenvalue weighted by atomic mass is 32.1. The number of benzene rings is 2. The second-order valence-electron chi connectivity index (χ2n) is 6.08. The molecule has 136 valence electrons. The molecule has 0 fully saturated rings. The third-order valence-corrected chi connectivity index (χ3v) is 4.87. The Kier molecular flexibility index (Phi) is 4.55. The third kappa shape index (κ3) is 3.80. The number of hydrogen-bond acceptors (Lipinski definition) is 6. The van der Waals surface area contributed by atoms with Crippen molar-refractivity contribution in [1.82, 2.24) is 19.8 Å². The number of aryl methyl sites for hydroxylation is 2. The molecule has 2 aromatic heterocycles. The largest absolute Gasteiger partial charge is 0.484 e. The highest BCUT2D eigenvalue weighted by Crippen LogP contribution is 2.26. The molecule has 0 spiro atoms. The Morgan fingerprint density at radius 1 is 1.15 bits per heavy atom. The van der Waals surface area contributed by atoms with Gasteiger partial charge in [0.05, 0.1) is 0 Å². The molecule has 0 radical (unpaired) electrons. The fourth-order valence-electron chi connectivity index (χ4n) is 2.58. The minimum Gasteiger partial charge on any atom is -0.484 e. The van der Waals surface area contributed by atoms with Gasteiger partial charge in [-0.2, -0.15) is 9.61 Å². The van der Waals surface area contributed by atoms with E-state index in [-0.39, 0.29) is 12.5 Å². The number of nitrogens with zero attached hydrogens (tertiary/aromatic N) is 4. The van der Waals surface area contributed by atoms with Crippen LogP contribution in [0.2, 0.25) is 0 Å². The van der Waals surface area contributed by atoms with Gasteiger partial charge < -0.3 is 10.1 Å². The first-order valence-corrected chi connectivity index (χ1v) is 9.19. The van der Waals surface area contributed by atoms with Crippen LogP contribution in [-0.2, 0) is 4.79 Å². The predicted octanol–water partition coefficient (Wildman–Crippen LogP) is 3.49. The Bertz CT molecular complexity index is 1100. The second kappa shape index (κ2) is 7.16. The van der Waals surface area contributed by atoms with E-state index in [1.807, 2.05) is 62.4 Å². The Labute approximate surface area is 159 Å². The van der Waals surface area contributed by atoms with Crippen molar-refractivity contribution < 1.29 is 9.53 Å². The van der Waals surface area contributed by atoms with Crippen molar-refractivity contribution in [2.75, 3.05) is 11.9 Å². The van der Waals surface area contributed by atoms with Crippen molar-refractivity contribution in [1.29, 1.82) is 0 Å². The van der Waals surface area contributed by atoms with E-state index in [0.29, 0.717) is 11.4 Å². The number of hydrogen-bond donors (Lipinski definition) is 1. The Morgan fingerprint density at radius 3 is 2.70 bits per heavy atom.